The number of pyridine rings is 1. The number of hydrogen-bond donors (Lipinski definition) is 1. The third kappa shape index (κ3) is 4.16. The number of benzene rings is 1. The molecular formula is C20H21N3O5S. The molecule has 8 nitrogen and oxygen atoms in total. The van der Waals surface area contributed by atoms with E-state index in [4.69, 9.17) is 18.9 Å². The molecule has 0 radical (unpaired) electrons. The van der Waals surface area contributed by atoms with Crippen molar-refractivity contribution in [2.75, 3.05) is 46.0 Å². The highest BCUT2D eigenvalue weighted by Gasteiger charge is 2.22. The molecule has 1 fully saturated rings. The number of carbonyl (C=O) groups excluding carboxylic acids is 1. The van der Waals surface area contributed by atoms with Crippen LogP contribution in [0.2, 0.25) is 0 Å². The molecule has 29 heavy (non-hydrogen) atoms. The van der Waals surface area contributed by atoms with E-state index in [0.29, 0.717) is 54.3 Å². The number of rotatable bonds is 5. The number of nitrogens with one attached hydrogen (secondary N) is 1. The maximum absolute atomic E-state index is 12.6. The van der Waals surface area contributed by atoms with Crippen molar-refractivity contribution < 1.29 is 23.7 Å². The minimum absolute atomic E-state index is 0.0966. The van der Waals surface area contributed by atoms with Crippen LogP contribution < -0.4 is 14.8 Å². The van der Waals surface area contributed by atoms with Gasteiger partial charge in [0.15, 0.2) is 5.13 Å². The van der Waals surface area contributed by atoms with Gasteiger partial charge < -0.3 is 18.9 Å². The number of methoxy groups -OCH3 is 2. The van der Waals surface area contributed by atoms with Crippen LogP contribution in [0.15, 0.2) is 30.5 Å². The van der Waals surface area contributed by atoms with E-state index in [9.17, 15) is 4.79 Å². The summed E-state index contributed by atoms with van der Waals surface area (Å²) in [6.45, 7) is 2.35. The highest BCUT2D eigenvalue weighted by atomic mass is 32.1. The minimum atomic E-state index is -0.286. The molecule has 1 aliphatic rings. The monoisotopic (exact) mass is 415 g/mol. The molecule has 1 N–H and O–H groups in total. The minimum Gasteiger partial charge on any atom is -0.494 e. The van der Waals surface area contributed by atoms with Crippen molar-refractivity contribution in [1.29, 1.82) is 0 Å². The topological polar surface area (TPSA) is 91.8 Å². The molecule has 152 valence electrons. The first-order valence-corrected chi connectivity index (χ1v) is 9.95. The summed E-state index contributed by atoms with van der Waals surface area (Å²) in [5.41, 5.74) is 2.22. The summed E-state index contributed by atoms with van der Waals surface area (Å²) in [4.78, 5) is 21.3. The highest BCUT2D eigenvalue weighted by molar-refractivity contribution is 7.22. The number of aromatic nitrogens is 2. The summed E-state index contributed by atoms with van der Waals surface area (Å²) >= 11 is 1.41. The van der Waals surface area contributed by atoms with Gasteiger partial charge >= 0.3 is 0 Å². The fraction of sp³-hybridized carbons (Fsp3) is 0.350. The molecule has 4 rings (SSSR count). The van der Waals surface area contributed by atoms with Crippen molar-refractivity contribution in [1.82, 2.24) is 9.97 Å². The third-order valence-electron chi connectivity index (χ3n) is 4.63. The standard InChI is InChI=1S/C20H21N3O5S/c1-25-15-4-3-14(13-10-27-7-8-28-11-13)18-17(15)22-20(29-18)23-19(24)12-5-6-21-16(9-12)26-2/h3-6,9,13H,7-8,10-11H2,1-2H3,(H,22,23,24). The van der Waals surface area contributed by atoms with Gasteiger partial charge in [-0.3, -0.25) is 10.1 Å². The number of carbonyl (C=O) groups is 1. The first-order chi connectivity index (χ1) is 14.2. The first-order valence-electron chi connectivity index (χ1n) is 9.14. The first kappa shape index (κ1) is 19.6. The molecule has 3 aromatic rings. The van der Waals surface area contributed by atoms with Gasteiger partial charge in [0.25, 0.3) is 5.91 Å². The fourth-order valence-corrected chi connectivity index (χ4v) is 4.24. The lowest BCUT2D eigenvalue weighted by molar-refractivity contribution is 0.102. The van der Waals surface area contributed by atoms with E-state index >= 15 is 0 Å². The van der Waals surface area contributed by atoms with E-state index in [1.54, 1.807) is 19.2 Å². The Morgan fingerprint density at radius 2 is 1.97 bits per heavy atom. The van der Waals surface area contributed by atoms with E-state index in [2.05, 4.69) is 15.3 Å². The molecule has 0 unspecified atom stereocenters. The van der Waals surface area contributed by atoms with Gasteiger partial charge in [0.05, 0.1) is 45.3 Å². The number of nitrogens with zero attached hydrogens (tertiary/aromatic N) is 2. The quantitative estimate of drug-likeness (QED) is 0.685. The van der Waals surface area contributed by atoms with Crippen molar-refractivity contribution >= 4 is 32.6 Å². The second-order valence-electron chi connectivity index (χ2n) is 6.44. The summed E-state index contributed by atoms with van der Waals surface area (Å²) in [5, 5.41) is 3.35. The van der Waals surface area contributed by atoms with E-state index in [0.717, 1.165) is 10.3 Å². The zero-order valence-corrected chi connectivity index (χ0v) is 17.0. The average molecular weight is 415 g/mol. The van der Waals surface area contributed by atoms with Crippen molar-refractivity contribution in [2.45, 2.75) is 5.92 Å². The largest absolute Gasteiger partial charge is 0.494 e. The van der Waals surface area contributed by atoms with Crippen LogP contribution >= 0.6 is 11.3 Å². The predicted molar refractivity (Wildman–Crippen MR) is 109 cm³/mol. The molecule has 9 heteroatoms. The Balaban J connectivity index is 1.66. The molecule has 0 spiro atoms. The van der Waals surface area contributed by atoms with Crippen LogP contribution in [-0.2, 0) is 9.47 Å². The Hall–Kier alpha value is -2.75. The molecule has 0 atom stereocenters. The molecule has 1 amide bonds. The van der Waals surface area contributed by atoms with Crippen molar-refractivity contribution in [3.05, 3.63) is 41.6 Å². The van der Waals surface area contributed by atoms with Gasteiger partial charge in [-0.05, 0) is 17.7 Å². The van der Waals surface area contributed by atoms with Gasteiger partial charge in [0, 0.05) is 23.7 Å². The lowest BCUT2D eigenvalue weighted by Gasteiger charge is -2.15. The van der Waals surface area contributed by atoms with Gasteiger partial charge in [-0.1, -0.05) is 17.4 Å². The van der Waals surface area contributed by atoms with Crippen LogP contribution in [0.1, 0.15) is 21.8 Å². The van der Waals surface area contributed by atoms with Gasteiger partial charge in [-0.2, -0.15) is 0 Å². The molecular weight excluding hydrogens is 394 g/mol. The lowest BCUT2D eigenvalue weighted by atomic mass is 10.0. The predicted octanol–water partition coefficient (Wildman–Crippen LogP) is 3.09. The molecule has 0 saturated carbocycles. The summed E-state index contributed by atoms with van der Waals surface area (Å²) in [5.74, 6) is 0.839. The maximum Gasteiger partial charge on any atom is 0.257 e. The van der Waals surface area contributed by atoms with E-state index < -0.39 is 0 Å². The third-order valence-corrected chi connectivity index (χ3v) is 5.65. The van der Waals surface area contributed by atoms with Crippen molar-refractivity contribution in [3.8, 4) is 11.6 Å². The van der Waals surface area contributed by atoms with Gasteiger partial charge in [-0.25, -0.2) is 9.97 Å². The van der Waals surface area contributed by atoms with Gasteiger partial charge in [-0.15, -0.1) is 0 Å². The van der Waals surface area contributed by atoms with Crippen LogP contribution in [0, 0.1) is 0 Å². The van der Waals surface area contributed by atoms with E-state index in [-0.39, 0.29) is 11.8 Å². The number of ether oxygens (including phenoxy) is 4. The molecule has 1 saturated heterocycles. The van der Waals surface area contributed by atoms with Crippen LogP contribution in [-0.4, -0.2) is 56.5 Å². The number of fused-ring (bicyclic) bond motifs is 1. The van der Waals surface area contributed by atoms with Crippen LogP contribution in [0.4, 0.5) is 5.13 Å². The number of thiazole rings is 1. The van der Waals surface area contributed by atoms with Crippen LogP contribution in [0.5, 0.6) is 11.6 Å². The molecule has 0 aliphatic carbocycles. The second kappa shape index (κ2) is 8.73. The molecule has 1 aliphatic heterocycles. The summed E-state index contributed by atoms with van der Waals surface area (Å²) in [6, 6.07) is 7.11. The lowest BCUT2D eigenvalue weighted by Crippen LogP contribution is -2.11. The Kier molecular flexibility index (Phi) is 5.89. The SMILES string of the molecule is COc1cc(C(=O)Nc2nc3c(OC)ccc(C4COCCOC4)c3s2)ccn1. The van der Waals surface area contributed by atoms with Crippen molar-refractivity contribution in [2.24, 2.45) is 0 Å². The average Bonchev–Trinajstić information content (AvgIpc) is 2.98. The van der Waals surface area contributed by atoms with E-state index in [1.807, 2.05) is 12.1 Å². The smallest absolute Gasteiger partial charge is 0.257 e. The molecule has 2 aromatic heterocycles. The molecule has 3 heterocycles. The Bertz CT molecular complexity index is 1010. The normalized spacial score (nSPS) is 15.1. The second-order valence-corrected chi connectivity index (χ2v) is 7.44. The van der Waals surface area contributed by atoms with Crippen LogP contribution in [0.25, 0.3) is 10.2 Å². The Morgan fingerprint density at radius 1 is 1.17 bits per heavy atom. The summed E-state index contributed by atoms with van der Waals surface area (Å²) in [6.07, 6.45) is 1.53. The zero-order valence-electron chi connectivity index (χ0n) is 16.1. The number of hydrogen-bond acceptors (Lipinski definition) is 8. The number of anilines is 1. The summed E-state index contributed by atoms with van der Waals surface area (Å²) < 4.78 is 22.8. The molecule has 1 aromatic carbocycles. The zero-order chi connectivity index (χ0) is 20.2. The van der Waals surface area contributed by atoms with Crippen molar-refractivity contribution in [3.63, 3.8) is 0 Å². The van der Waals surface area contributed by atoms with Crippen LogP contribution in [0.3, 0.4) is 0 Å². The van der Waals surface area contributed by atoms with Gasteiger partial charge in [0.1, 0.15) is 11.3 Å². The Morgan fingerprint density at radius 3 is 2.69 bits per heavy atom. The van der Waals surface area contributed by atoms with Gasteiger partial charge in [0.2, 0.25) is 5.88 Å². The Labute approximate surface area is 171 Å². The summed E-state index contributed by atoms with van der Waals surface area (Å²) in [7, 11) is 3.11. The number of amides is 1. The van der Waals surface area contributed by atoms with E-state index in [1.165, 1.54) is 24.6 Å². The molecule has 0 bridgehead atoms. The maximum atomic E-state index is 12.6. The fourth-order valence-electron chi connectivity index (χ4n) is 3.17. The highest BCUT2D eigenvalue weighted by Crippen LogP contribution is 2.38.